The van der Waals surface area contributed by atoms with E-state index < -0.39 is 0 Å². The minimum atomic E-state index is 0. The normalized spacial score (nSPS) is 9.76. The van der Waals surface area contributed by atoms with Gasteiger partial charge in [-0.15, -0.1) is 12.4 Å². The van der Waals surface area contributed by atoms with E-state index in [1.807, 2.05) is 42.5 Å². The van der Waals surface area contributed by atoms with Crippen molar-refractivity contribution in [1.82, 2.24) is 5.32 Å². The van der Waals surface area contributed by atoms with Gasteiger partial charge >= 0.3 is 0 Å². The molecule has 0 unspecified atom stereocenters. The van der Waals surface area contributed by atoms with Crippen molar-refractivity contribution < 1.29 is 4.74 Å². The summed E-state index contributed by atoms with van der Waals surface area (Å²) in [7, 11) is 0. The molecule has 0 atom stereocenters. The lowest BCUT2D eigenvalue weighted by atomic mass is 10.2. The zero-order valence-corrected chi connectivity index (χ0v) is 12.7. The van der Waals surface area contributed by atoms with E-state index in [0.29, 0.717) is 13.3 Å². The highest BCUT2D eigenvalue weighted by atomic mass is 35.5. The fourth-order valence-corrected chi connectivity index (χ4v) is 1.83. The van der Waals surface area contributed by atoms with E-state index in [0.717, 1.165) is 30.1 Å². The van der Waals surface area contributed by atoms with E-state index in [4.69, 9.17) is 10.5 Å². The highest BCUT2D eigenvalue weighted by Crippen LogP contribution is 2.18. The monoisotopic (exact) mass is 307 g/mol. The molecule has 21 heavy (non-hydrogen) atoms. The summed E-state index contributed by atoms with van der Waals surface area (Å²) in [6.45, 7) is 2.76. The summed E-state index contributed by atoms with van der Waals surface area (Å²) in [5, 5.41) is 6.38. The highest BCUT2D eigenvalue weighted by Gasteiger charge is 1.97. The molecule has 2 aromatic carbocycles. The Balaban J connectivity index is 0.00000220. The molecule has 0 amide bonds. The molecular formula is C16H22ClN3O. The van der Waals surface area contributed by atoms with Crippen molar-refractivity contribution in [1.29, 1.82) is 0 Å². The number of hydrogen-bond acceptors (Lipinski definition) is 4. The SMILES string of the molecule is Cl.NCNCCNc1cccc(OCc2ccccc2)c1. The molecule has 0 spiro atoms. The second-order valence-electron chi connectivity index (χ2n) is 4.43. The van der Waals surface area contributed by atoms with Gasteiger partial charge in [0.1, 0.15) is 12.4 Å². The summed E-state index contributed by atoms with van der Waals surface area (Å²) in [6, 6.07) is 18.1. The van der Waals surface area contributed by atoms with Crippen LogP contribution in [0.2, 0.25) is 0 Å². The van der Waals surface area contributed by atoms with Gasteiger partial charge in [-0.1, -0.05) is 36.4 Å². The molecule has 0 radical (unpaired) electrons. The molecule has 5 heteroatoms. The van der Waals surface area contributed by atoms with Crippen LogP contribution in [0, 0.1) is 0 Å². The smallest absolute Gasteiger partial charge is 0.121 e. The summed E-state index contributed by atoms with van der Waals surface area (Å²) in [5.41, 5.74) is 7.58. The van der Waals surface area contributed by atoms with Crippen molar-refractivity contribution in [2.24, 2.45) is 5.73 Å². The Morgan fingerprint density at radius 1 is 0.952 bits per heavy atom. The predicted octanol–water partition coefficient (Wildman–Crippen LogP) is 2.61. The van der Waals surface area contributed by atoms with Gasteiger partial charge in [-0.25, -0.2) is 0 Å². The molecule has 0 saturated heterocycles. The number of ether oxygens (including phenoxy) is 1. The molecule has 4 nitrogen and oxygen atoms in total. The predicted molar refractivity (Wildman–Crippen MR) is 90.0 cm³/mol. The Morgan fingerprint density at radius 2 is 1.76 bits per heavy atom. The number of nitrogens with two attached hydrogens (primary N) is 1. The lowest BCUT2D eigenvalue weighted by Crippen LogP contribution is -2.27. The van der Waals surface area contributed by atoms with E-state index in [9.17, 15) is 0 Å². The first-order valence-corrected chi connectivity index (χ1v) is 6.80. The van der Waals surface area contributed by atoms with Crippen molar-refractivity contribution in [3.63, 3.8) is 0 Å². The Kier molecular flexibility index (Phi) is 8.28. The molecule has 0 aliphatic carbocycles. The third-order valence-corrected chi connectivity index (χ3v) is 2.86. The van der Waals surface area contributed by atoms with E-state index in [-0.39, 0.29) is 12.4 Å². The van der Waals surface area contributed by atoms with Crippen molar-refractivity contribution in [2.75, 3.05) is 25.1 Å². The van der Waals surface area contributed by atoms with Crippen LogP contribution < -0.4 is 21.1 Å². The molecule has 114 valence electrons. The lowest BCUT2D eigenvalue weighted by molar-refractivity contribution is 0.306. The zero-order chi connectivity index (χ0) is 14.0. The van der Waals surface area contributed by atoms with Crippen molar-refractivity contribution in [3.05, 3.63) is 60.2 Å². The molecule has 0 aliphatic heterocycles. The van der Waals surface area contributed by atoms with Gasteiger partial charge in [-0.3, -0.25) is 0 Å². The summed E-state index contributed by atoms with van der Waals surface area (Å²) < 4.78 is 5.78. The topological polar surface area (TPSA) is 59.3 Å². The Hall–Kier alpha value is -1.75. The maximum absolute atomic E-state index is 5.78. The average Bonchev–Trinajstić information content (AvgIpc) is 2.51. The molecule has 0 saturated carbocycles. The third-order valence-electron chi connectivity index (χ3n) is 2.86. The molecule has 4 N–H and O–H groups in total. The Bertz CT molecular complexity index is 508. The van der Waals surface area contributed by atoms with Gasteiger partial charge in [0.15, 0.2) is 0 Å². The fraction of sp³-hybridized carbons (Fsp3) is 0.250. The molecular weight excluding hydrogens is 286 g/mol. The van der Waals surface area contributed by atoms with Crippen LogP contribution in [0.4, 0.5) is 5.69 Å². The Labute approximate surface area is 132 Å². The van der Waals surface area contributed by atoms with E-state index in [2.05, 4.69) is 22.8 Å². The first kappa shape index (κ1) is 17.3. The van der Waals surface area contributed by atoms with Crippen LogP contribution in [-0.2, 0) is 6.61 Å². The number of hydrogen-bond donors (Lipinski definition) is 3. The maximum atomic E-state index is 5.78. The Morgan fingerprint density at radius 3 is 2.52 bits per heavy atom. The first-order chi connectivity index (χ1) is 9.88. The van der Waals surface area contributed by atoms with Gasteiger partial charge in [-0.2, -0.15) is 0 Å². The van der Waals surface area contributed by atoms with Gasteiger partial charge < -0.3 is 21.1 Å². The van der Waals surface area contributed by atoms with Crippen LogP contribution in [0.15, 0.2) is 54.6 Å². The summed E-state index contributed by atoms with van der Waals surface area (Å²) >= 11 is 0. The van der Waals surface area contributed by atoms with Crippen molar-refractivity contribution in [3.8, 4) is 5.75 Å². The first-order valence-electron chi connectivity index (χ1n) is 6.80. The quantitative estimate of drug-likeness (QED) is 0.518. The highest BCUT2D eigenvalue weighted by molar-refractivity contribution is 5.85. The van der Waals surface area contributed by atoms with E-state index in [1.165, 1.54) is 0 Å². The van der Waals surface area contributed by atoms with Crippen LogP contribution in [0.5, 0.6) is 5.75 Å². The van der Waals surface area contributed by atoms with Crippen LogP contribution in [0.25, 0.3) is 0 Å². The van der Waals surface area contributed by atoms with E-state index >= 15 is 0 Å². The largest absolute Gasteiger partial charge is 0.489 e. The van der Waals surface area contributed by atoms with Crippen LogP contribution >= 0.6 is 12.4 Å². The molecule has 2 aromatic rings. The second kappa shape index (κ2) is 10.0. The molecule has 0 aliphatic rings. The fourth-order valence-electron chi connectivity index (χ4n) is 1.83. The number of nitrogens with one attached hydrogen (secondary N) is 2. The number of anilines is 1. The second-order valence-corrected chi connectivity index (χ2v) is 4.43. The standard InChI is InChI=1S/C16H21N3O.ClH/c17-13-18-9-10-19-15-7-4-8-16(11-15)20-12-14-5-2-1-3-6-14;/h1-8,11,18-19H,9-10,12-13,17H2;1H. The number of rotatable bonds is 8. The minimum Gasteiger partial charge on any atom is -0.489 e. The molecule has 2 rings (SSSR count). The minimum absolute atomic E-state index is 0. The van der Waals surface area contributed by atoms with Gasteiger partial charge in [0.25, 0.3) is 0 Å². The molecule has 0 aromatic heterocycles. The zero-order valence-electron chi connectivity index (χ0n) is 11.9. The molecule has 0 bridgehead atoms. The summed E-state index contributed by atoms with van der Waals surface area (Å²) in [4.78, 5) is 0. The maximum Gasteiger partial charge on any atom is 0.121 e. The average molecular weight is 308 g/mol. The number of benzene rings is 2. The van der Waals surface area contributed by atoms with E-state index in [1.54, 1.807) is 0 Å². The number of halogens is 1. The van der Waals surface area contributed by atoms with Crippen molar-refractivity contribution in [2.45, 2.75) is 6.61 Å². The van der Waals surface area contributed by atoms with Crippen LogP contribution in [-0.4, -0.2) is 19.8 Å². The third kappa shape index (κ3) is 6.49. The van der Waals surface area contributed by atoms with Gasteiger partial charge in [0.2, 0.25) is 0 Å². The molecule has 0 fully saturated rings. The summed E-state index contributed by atoms with van der Waals surface area (Å²) in [5.74, 6) is 0.866. The van der Waals surface area contributed by atoms with Gasteiger partial charge in [-0.05, 0) is 17.7 Å². The summed E-state index contributed by atoms with van der Waals surface area (Å²) in [6.07, 6.45) is 0. The van der Waals surface area contributed by atoms with Gasteiger partial charge in [0, 0.05) is 31.5 Å². The van der Waals surface area contributed by atoms with Crippen LogP contribution in [0.3, 0.4) is 0 Å². The van der Waals surface area contributed by atoms with Crippen molar-refractivity contribution >= 4 is 18.1 Å². The van der Waals surface area contributed by atoms with Gasteiger partial charge in [0.05, 0.1) is 0 Å². The van der Waals surface area contributed by atoms with Crippen LogP contribution in [0.1, 0.15) is 5.56 Å². The lowest BCUT2D eigenvalue weighted by Gasteiger charge is -2.10. The molecule has 0 heterocycles.